The van der Waals surface area contributed by atoms with Crippen molar-refractivity contribution in [1.82, 2.24) is 0 Å². The van der Waals surface area contributed by atoms with Crippen LogP contribution in [0, 0.1) is 0 Å². The van der Waals surface area contributed by atoms with Crippen LogP contribution in [0.1, 0.15) is 65.7 Å². The zero-order valence-electron chi connectivity index (χ0n) is 30.3. The molecule has 3 rings (SSSR count). The van der Waals surface area contributed by atoms with Gasteiger partial charge >= 0.3 is 41.8 Å². The number of ether oxygens (including phenoxy) is 11. The van der Waals surface area contributed by atoms with E-state index in [2.05, 4.69) is 0 Å². The topological polar surface area (TPSA) is 238 Å². The van der Waals surface area contributed by atoms with E-state index in [1.165, 1.54) is 31.2 Å². The second-order valence-electron chi connectivity index (χ2n) is 11.9. The molecule has 19 heteroatoms. The summed E-state index contributed by atoms with van der Waals surface area (Å²) in [6.07, 6.45) is -15.3. The Hall–Kier alpha value is -5.14. The van der Waals surface area contributed by atoms with Crippen molar-refractivity contribution in [3.05, 3.63) is 29.8 Å². The molecule has 2 aliphatic rings. The van der Waals surface area contributed by atoms with E-state index < -0.39 is 116 Å². The molecular formula is C34H42O19. The summed E-state index contributed by atoms with van der Waals surface area (Å²) in [7, 11) is 0. The number of Topliss-reactive ketones (excluding diaryl/α,β-unsaturated/α-hetero) is 1. The quantitative estimate of drug-likeness (QED) is 0.146. The molecule has 0 aliphatic carbocycles. The number of hydrogen-bond donors (Lipinski definition) is 0. The summed E-state index contributed by atoms with van der Waals surface area (Å²) in [6, 6.07) is 5.81. The van der Waals surface area contributed by atoms with Crippen molar-refractivity contribution >= 4 is 47.6 Å². The van der Waals surface area contributed by atoms with E-state index in [9.17, 15) is 38.4 Å². The maximum absolute atomic E-state index is 12.4. The average Bonchev–Trinajstić information content (AvgIpc) is 3.03. The van der Waals surface area contributed by atoms with Gasteiger partial charge in [0.2, 0.25) is 12.4 Å². The first-order chi connectivity index (χ1) is 24.9. The van der Waals surface area contributed by atoms with E-state index in [0.29, 0.717) is 5.56 Å². The zero-order chi connectivity index (χ0) is 39.6. The molecular weight excluding hydrogens is 712 g/mol. The lowest BCUT2D eigenvalue weighted by Gasteiger charge is -2.46. The molecule has 19 nitrogen and oxygen atoms in total. The molecule has 2 aliphatic heterocycles. The van der Waals surface area contributed by atoms with Crippen LogP contribution < -0.4 is 4.74 Å². The van der Waals surface area contributed by atoms with Gasteiger partial charge in [-0.15, -0.1) is 0 Å². The smallest absolute Gasteiger partial charge is 0.303 e. The molecule has 0 saturated carbocycles. The van der Waals surface area contributed by atoms with E-state index in [4.69, 9.17) is 52.1 Å². The standard InChI is InChI=1S/C34H42O19/c1-15(35)23-9-11-24(12-10-23)51-34-32(50-22(8)42)30(48-20(6)40)28(46-18(4)38)26(53-34)14-44-33-31(49-21(7)41)29(47-19(5)39)27(45-17(3)37)25(52-33)13-43-16(2)36/h9-12,25-34H,13-14H2,1-8H3/t25-,26-,27-,28+,29+,30+,31-,32+,33-,34-/m0/s1. The molecule has 0 bridgehead atoms. The Bertz CT molecular complexity index is 1520. The average molecular weight is 755 g/mol. The first kappa shape index (κ1) is 42.3. The Morgan fingerprint density at radius 3 is 1.26 bits per heavy atom. The van der Waals surface area contributed by atoms with Crippen LogP contribution in [0.5, 0.6) is 5.75 Å². The predicted molar refractivity (Wildman–Crippen MR) is 170 cm³/mol. The minimum Gasteiger partial charge on any atom is -0.463 e. The van der Waals surface area contributed by atoms with Crippen LogP contribution in [0.2, 0.25) is 0 Å². The number of hydrogen-bond acceptors (Lipinski definition) is 19. The van der Waals surface area contributed by atoms with Gasteiger partial charge < -0.3 is 52.1 Å². The van der Waals surface area contributed by atoms with Gasteiger partial charge in [-0.2, -0.15) is 0 Å². The lowest BCUT2D eigenvalue weighted by atomic mass is 9.97. The highest BCUT2D eigenvalue weighted by Gasteiger charge is 2.56. The highest BCUT2D eigenvalue weighted by Crippen LogP contribution is 2.34. The van der Waals surface area contributed by atoms with Gasteiger partial charge in [-0.25, -0.2) is 0 Å². The Labute approximate surface area is 303 Å². The third kappa shape index (κ3) is 12.5. The van der Waals surface area contributed by atoms with Crippen molar-refractivity contribution in [2.24, 2.45) is 0 Å². The van der Waals surface area contributed by atoms with Crippen LogP contribution >= 0.6 is 0 Å². The minimum atomic E-state index is -1.67. The largest absolute Gasteiger partial charge is 0.463 e. The molecule has 2 fully saturated rings. The summed E-state index contributed by atoms with van der Waals surface area (Å²) in [5.41, 5.74) is 0.363. The molecule has 0 unspecified atom stereocenters. The summed E-state index contributed by atoms with van der Waals surface area (Å²) in [4.78, 5) is 97.1. The van der Waals surface area contributed by atoms with Gasteiger partial charge in [-0.05, 0) is 31.2 Å². The number of esters is 7. The summed E-state index contributed by atoms with van der Waals surface area (Å²) in [5.74, 6) is -6.01. The SMILES string of the molecule is CC(=O)OC[C@@H]1O[C@H](OC[C@@H]2O[C@H](Oc3ccc(C(C)=O)cc3)[C@H](OC(C)=O)[C@H](OC(C)=O)[C@@H]2OC(C)=O)[C@@H](OC(C)=O)[C@H](OC(C)=O)[C@H]1OC(C)=O. The van der Waals surface area contributed by atoms with Crippen molar-refractivity contribution < 1.29 is 90.5 Å². The fourth-order valence-electron chi connectivity index (χ4n) is 5.50. The molecule has 0 N–H and O–H groups in total. The third-order valence-electron chi connectivity index (χ3n) is 7.38. The molecule has 53 heavy (non-hydrogen) atoms. The van der Waals surface area contributed by atoms with E-state index in [0.717, 1.165) is 48.5 Å². The summed E-state index contributed by atoms with van der Waals surface area (Å²) in [5, 5.41) is 0. The van der Waals surface area contributed by atoms with Gasteiger partial charge in [-0.3, -0.25) is 38.4 Å². The molecule has 2 saturated heterocycles. The van der Waals surface area contributed by atoms with E-state index >= 15 is 0 Å². The third-order valence-corrected chi connectivity index (χ3v) is 7.38. The zero-order valence-corrected chi connectivity index (χ0v) is 30.3. The number of carbonyl (C=O) groups is 8. The maximum Gasteiger partial charge on any atom is 0.303 e. The minimum absolute atomic E-state index is 0.129. The van der Waals surface area contributed by atoms with Gasteiger partial charge in [0.15, 0.2) is 42.6 Å². The van der Waals surface area contributed by atoms with Gasteiger partial charge in [-0.1, -0.05) is 0 Å². The van der Waals surface area contributed by atoms with Crippen LogP contribution in [0.4, 0.5) is 0 Å². The summed E-state index contributed by atoms with van der Waals surface area (Å²) >= 11 is 0. The van der Waals surface area contributed by atoms with Crippen molar-refractivity contribution in [3.8, 4) is 5.75 Å². The number of ketones is 1. The van der Waals surface area contributed by atoms with Crippen molar-refractivity contribution in [2.75, 3.05) is 13.2 Å². The highest BCUT2D eigenvalue weighted by molar-refractivity contribution is 5.94. The molecule has 1 aromatic carbocycles. The monoisotopic (exact) mass is 754 g/mol. The van der Waals surface area contributed by atoms with Crippen LogP contribution in [0.25, 0.3) is 0 Å². The molecule has 0 spiro atoms. The van der Waals surface area contributed by atoms with Crippen LogP contribution in [0.3, 0.4) is 0 Å². The Morgan fingerprint density at radius 1 is 0.472 bits per heavy atom. The summed E-state index contributed by atoms with van der Waals surface area (Å²) < 4.78 is 61.9. The van der Waals surface area contributed by atoms with Crippen molar-refractivity contribution in [3.63, 3.8) is 0 Å². The lowest BCUT2D eigenvalue weighted by Crippen LogP contribution is -2.65. The van der Waals surface area contributed by atoms with Crippen LogP contribution in [-0.4, -0.2) is 122 Å². The fourth-order valence-corrected chi connectivity index (χ4v) is 5.50. The first-order valence-corrected chi connectivity index (χ1v) is 16.2. The van der Waals surface area contributed by atoms with E-state index in [1.54, 1.807) is 0 Å². The first-order valence-electron chi connectivity index (χ1n) is 16.2. The molecule has 2 heterocycles. The van der Waals surface area contributed by atoms with E-state index in [-0.39, 0.29) is 11.5 Å². The van der Waals surface area contributed by atoms with Gasteiger partial charge in [0.25, 0.3) is 0 Å². The molecule has 10 atom stereocenters. The lowest BCUT2D eigenvalue weighted by molar-refractivity contribution is -0.327. The second-order valence-corrected chi connectivity index (χ2v) is 11.9. The van der Waals surface area contributed by atoms with Crippen LogP contribution in [-0.2, 0) is 80.9 Å². The molecule has 0 radical (unpaired) electrons. The van der Waals surface area contributed by atoms with Crippen LogP contribution in [0.15, 0.2) is 24.3 Å². The number of carbonyl (C=O) groups excluding carboxylic acids is 8. The number of rotatable bonds is 14. The second kappa shape index (κ2) is 19.1. The molecule has 1 aromatic rings. The van der Waals surface area contributed by atoms with Gasteiger partial charge in [0.05, 0.1) is 6.61 Å². The molecule has 0 amide bonds. The predicted octanol–water partition coefficient (Wildman–Crippen LogP) is 0.888. The van der Waals surface area contributed by atoms with Crippen molar-refractivity contribution in [2.45, 2.75) is 117 Å². The Balaban J connectivity index is 2.07. The van der Waals surface area contributed by atoms with E-state index in [1.807, 2.05) is 0 Å². The number of benzene rings is 1. The normalized spacial score (nSPS) is 27.9. The highest BCUT2D eigenvalue weighted by atomic mass is 16.8. The Morgan fingerprint density at radius 2 is 0.849 bits per heavy atom. The van der Waals surface area contributed by atoms with Gasteiger partial charge in [0.1, 0.15) is 24.6 Å². The van der Waals surface area contributed by atoms with Gasteiger partial charge in [0, 0.05) is 54.0 Å². The molecule has 0 aromatic heterocycles. The Kier molecular flexibility index (Phi) is 15.2. The van der Waals surface area contributed by atoms with Crippen molar-refractivity contribution in [1.29, 1.82) is 0 Å². The maximum atomic E-state index is 12.4. The fraction of sp³-hybridized carbons (Fsp3) is 0.588. The summed E-state index contributed by atoms with van der Waals surface area (Å²) in [6.45, 7) is 7.64. The molecule has 292 valence electrons.